The number of azide groups is 1. The van der Waals surface area contributed by atoms with Crippen LogP contribution in [-0.2, 0) is 0 Å². The number of hydrogen-bond acceptors (Lipinski definition) is 1. The van der Waals surface area contributed by atoms with Crippen molar-refractivity contribution in [1.82, 2.24) is 0 Å². The van der Waals surface area contributed by atoms with E-state index in [0.29, 0.717) is 0 Å². The lowest BCUT2D eigenvalue weighted by Crippen LogP contribution is -1.77. The van der Waals surface area contributed by atoms with Gasteiger partial charge in [0.2, 0.25) is 0 Å². The van der Waals surface area contributed by atoms with Gasteiger partial charge in [-0.15, -0.1) is 9.39 Å². The highest BCUT2D eigenvalue weighted by molar-refractivity contribution is 8.26. The molecule has 1 rings (SSSR count). The second-order valence-electron chi connectivity index (χ2n) is 2.83. The van der Waals surface area contributed by atoms with Gasteiger partial charge in [-0.05, 0) is 29.1 Å². The molecular formula is C9H11N3S. The fourth-order valence-electron chi connectivity index (χ4n) is 0.909. The highest BCUT2D eigenvalue weighted by Gasteiger charge is 1.97. The largest absolute Gasteiger partial charge is 0.106 e. The molecule has 0 radical (unpaired) electrons. The van der Waals surface area contributed by atoms with Gasteiger partial charge in [-0.3, -0.25) is 0 Å². The van der Waals surface area contributed by atoms with Crippen molar-refractivity contribution in [3.63, 3.8) is 0 Å². The lowest BCUT2D eigenvalue weighted by Gasteiger charge is -2.06. The molecule has 0 heterocycles. The lowest BCUT2D eigenvalue weighted by atomic mass is 10.2. The first-order valence-corrected chi connectivity index (χ1v) is 5.61. The molecule has 0 saturated heterocycles. The first-order chi connectivity index (χ1) is 6.06. The molecule has 4 heteroatoms. The molecule has 0 aliphatic rings. The minimum Gasteiger partial charge on any atom is -0.106 e. The summed E-state index contributed by atoms with van der Waals surface area (Å²) in [6, 6.07) is 7.72. The first-order valence-electron chi connectivity index (χ1n) is 3.69. The minimum absolute atomic E-state index is 0.899. The van der Waals surface area contributed by atoms with Crippen molar-refractivity contribution >= 4 is 21.1 Å². The van der Waals surface area contributed by atoms with Crippen LogP contribution in [0.15, 0.2) is 33.7 Å². The number of rotatable bonds is 2. The normalized spacial score (nSPS) is 10.5. The van der Waals surface area contributed by atoms with Gasteiger partial charge in [0, 0.05) is 9.81 Å². The quantitative estimate of drug-likeness (QED) is 0.299. The molecule has 0 atom stereocenters. The van der Waals surface area contributed by atoms with E-state index < -0.39 is 9.39 Å². The van der Waals surface area contributed by atoms with Crippen molar-refractivity contribution in [1.29, 1.82) is 0 Å². The highest BCUT2D eigenvalue weighted by atomic mass is 32.2. The third-order valence-electron chi connectivity index (χ3n) is 1.65. The Balaban J connectivity index is 3.24. The number of aryl methyl sites for hydroxylation is 1. The van der Waals surface area contributed by atoms with Gasteiger partial charge in [0.15, 0.2) is 0 Å². The first kappa shape index (κ1) is 9.71. The van der Waals surface area contributed by atoms with Crippen molar-refractivity contribution in [2.24, 2.45) is 4.52 Å². The molecule has 0 N–H and O–H groups in total. The van der Waals surface area contributed by atoms with Crippen LogP contribution in [0.2, 0.25) is 0 Å². The van der Waals surface area contributed by atoms with E-state index in [2.05, 4.69) is 21.2 Å². The van der Waals surface area contributed by atoms with Gasteiger partial charge in [0.1, 0.15) is 0 Å². The van der Waals surface area contributed by atoms with Crippen LogP contribution in [0, 0.1) is 6.92 Å². The van der Waals surface area contributed by atoms with Gasteiger partial charge in [0.25, 0.3) is 0 Å². The number of hydrogen-bond donors (Lipinski definition) is 0. The van der Waals surface area contributed by atoms with Gasteiger partial charge >= 0.3 is 0 Å². The second-order valence-corrected chi connectivity index (χ2v) is 5.15. The maximum Gasteiger partial charge on any atom is 0.0102 e. The molecule has 13 heavy (non-hydrogen) atoms. The second kappa shape index (κ2) is 3.56. The molecule has 0 aliphatic carbocycles. The van der Waals surface area contributed by atoms with Crippen molar-refractivity contribution in [2.75, 3.05) is 0 Å². The molecule has 0 amide bonds. The average molecular weight is 193 g/mol. The van der Waals surface area contributed by atoms with Crippen molar-refractivity contribution in [3.05, 3.63) is 40.3 Å². The van der Waals surface area contributed by atoms with E-state index in [1.807, 2.05) is 31.2 Å². The molecule has 3 nitrogen and oxygen atoms in total. The zero-order valence-corrected chi connectivity index (χ0v) is 8.29. The maximum absolute atomic E-state index is 8.32. The number of benzene rings is 1. The van der Waals surface area contributed by atoms with Crippen LogP contribution in [0.25, 0.3) is 10.4 Å². The molecule has 0 aliphatic heterocycles. The topological polar surface area (TPSA) is 48.8 Å². The Morgan fingerprint density at radius 1 is 1.31 bits per heavy atom. The summed E-state index contributed by atoms with van der Waals surface area (Å²) in [5, 5.41) is 0. The Hall–Kier alpha value is -1.38. The van der Waals surface area contributed by atoms with Crippen LogP contribution < -0.4 is 0 Å². The molecule has 0 aromatic heterocycles. The van der Waals surface area contributed by atoms with Crippen molar-refractivity contribution in [3.8, 4) is 0 Å². The predicted molar refractivity (Wildman–Crippen MR) is 60.4 cm³/mol. The summed E-state index contributed by atoms with van der Waals surface area (Å²) in [6.45, 7) is 2.00. The molecular weight excluding hydrogens is 182 g/mol. The average Bonchev–Trinajstić information content (AvgIpc) is 2.05. The van der Waals surface area contributed by atoms with Gasteiger partial charge in [-0.2, -0.15) is 0 Å². The Bertz CT molecular complexity index is 436. The standard InChI is InChI=1S/C9H11N3S/c1-8-4-6-9(7-5-8)13(2,3)12-11-10/h4-7H,2-3H2,1H3. The SMILES string of the molecule is C=S(=C)(N=[N+]=[N-])c1ccc(C)cc1. The van der Waals surface area contributed by atoms with Crippen LogP contribution in [0.4, 0.5) is 0 Å². The van der Waals surface area contributed by atoms with Crippen LogP contribution in [0.3, 0.4) is 0 Å². The zero-order valence-electron chi connectivity index (χ0n) is 7.47. The Morgan fingerprint density at radius 3 is 2.31 bits per heavy atom. The van der Waals surface area contributed by atoms with Gasteiger partial charge in [-0.25, -0.2) is 0 Å². The predicted octanol–water partition coefficient (Wildman–Crippen LogP) is 3.25. The Kier molecular flexibility index (Phi) is 2.66. The fourth-order valence-corrected chi connectivity index (χ4v) is 1.79. The molecule has 0 bridgehead atoms. The lowest BCUT2D eigenvalue weighted by molar-refractivity contribution is 1.37. The van der Waals surface area contributed by atoms with Crippen LogP contribution >= 0.6 is 9.39 Å². The minimum atomic E-state index is -1.82. The number of nitrogens with zero attached hydrogens (tertiary/aromatic N) is 3. The fraction of sp³-hybridized carbons (Fsp3) is 0.111. The molecule has 1 aromatic rings. The summed E-state index contributed by atoms with van der Waals surface area (Å²) in [6.07, 6.45) is 0. The summed E-state index contributed by atoms with van der Waals surface area (Å²) in [7, 11) is -1.82. The highest BCUT2D eigenvalue weighted by Crippen LogP contribution is 2.32. The Morgan fingerprint density at radius 2 is 1.85 bits per heavy atom. The van der Waals surface area contributed by atoms with E-state index in [1.165, 1.54) is 5.56 Å². The van der Waals surface area contributed by atoms with E-state index in [0.717, 1.165) is 4.90 Å². The summed E-state index contributed by atoms with van der Waals surface area (Å²) in [5.41, 5.74) is 9.48. The van der Waals surface area contributed by atoms with Gasteiger partial charge < -0.3 is 0 Å². The summed E-state index contributed by atoms with van der Waals surface area (Å²) < 4.78 is 3.60. The Labute approximate surface area is 78.3 Å². The smallest absolute Gasteiger partial charge is 0.0102 e. The maximum atomic E-state index is 8.32. The summed E-state index contributed by atoms with van der Waals surface area (Å²) in [5.74, 6) is 7.62. The molecule has 0 unspecified atom stereocenters. The van der Waals surface area contributed by atoms with E-state index >= 15 is 0 Å². The van der Waals surface area contributed by atoms with Gasteiger partial charge in [0.05, 0.1) is 0 Å². The molecule has 0 spiro atoms. The van der Waals surface area contributed by atoms with E-state index in [9.17, 15) is 0 Å². The van der Waals surface area contributed by atoms with Crippen molar-refractivity contribution in [2.45, 2.75) is 11.8 Å². The monoisotopic (exact) mass is 193 g/mol. The summed E-state index contributed by atoms with van der Waals surface area (Å²) >= 11 is 0. The van der Waals surface area contributed by atoms with E-state index in [4.69, 9.17) is 5.53 Å². The van der Waals surface area contributed by atoms with Crippen LogP contribution in [0.1, 0.15) is 5.56 Å². The van der Waals surface area contributed by atoms with E-state index in [1.54, 1.807) is 0 Å². The van der Waals surface area contributed by atoms with Crippen LogP contribution in [0.5, 0.6) is 0 Å². The van der Waals surface area contributed by atoms with Gasteiger partial charge in [-0.1, -0.05) is 29.4 Å². The molecule has 1 aromatic carbocycles. The summed E-state index contributed by atoms with van der Waals surface area (Å²) in [4.78, 5) is 3.64. The van der Waals surface area contributed by atoms with Crippen molar-refractivity contribution < 1.29 is 0 Å². The third kappa shape index (κ3) is 2.28. The third-order valence-corrected chi connectivity index (χ3v) is 3.19. The molecule has 0 saturated carbocycles. The van der Waals surface area contributed by atoms with E-state index in [-0.39, 0.29) is 0 Å². The molecule has 68 valence electrons. The van der Waals surface area contributed by atoms with Crippen LogP contribution in [-0.4, -0.2) is 11.7 Å². The molecule has 0 fully saturated rings. The zero-order chi connectivity index (χ0) is 9.90.